The Hall–Kier alpha value is -3.71. The van der Waals surface area contributed by atoms with Gasteiger partial charge >= 0.3 is 0 Å². The number of fused-ring (bicyclic) bond motifs is 1. The molecule has 0 bridgehead atoms. The molecule has 1 aliphatic rings. The Morgan fingerprint density at radius 3 is 2.54 bits per heavy atom. The van der Waals surface area contributed by atoms with Crippen molar-refractivity contribution in [1.29, 1.82) is 0 Å². The summed E-state index contributed by atoms with van der Waals surface area (Å²) in [6.07, 6.45) is 0. The minimum absolute atomic E-state index is 0.193. The maximum absolute atomic E-state index is 13.8. The van der Waals surface area contributed by atoms with Gasteiger partial charge in [0.25, 0.3) is 5.91 Å². The van der Waals surface area contributed by atoms with Crippen LogP contribution >= 0.6 is 11.3 Å². The number of hydrogen-bond donors (Lipinski definition) is 1. The van der Waals surface area contributed by atoms with E-state index in [2.05, 4.69) is 11.4 Å². The van der Waals surface area contributed by atoms with Crippen molar-refractivity contribution in [3.8, 4) is 10.6 Å². The molecule has 7 heteroatoms. The molecule has 178 valence electrons. The Kier molecular flexibility index (Phi) is 6.03. The molecular formula is C28H28N4O2S. The van der Waals surface area contributed by atoms with E-state index in [9.17, 15) is 9.59 Å². The maximum Gasteiger partial charge on any atom is 0.273 e. The fraction of sp³-hybridized carbons (Fsp3) is 0.250. The van der Waals surface area contributed by atoms with E-state index in [0.717, 1.165) is 27.3 Å². The molecule has 6 nitrogen and oxygen atoms in total. The molecule has 0 fully saturated rings. The van der Waals surface area contributed by atoms with Crippen LogP contribution in [0.15, 0.2) is 72.1 Å². The van der Waals surface area contributed by atoms with Gasteiger partial charge in [-0.05, 0) is 49.4 Å². The zero-order valence-electron chi connectivity index (χ0n) is 20.1. The lowest BCUT2D eigenvalue weighted by Crippen LogP contribution is -2.63. The van der Waals surface area contributed by atoms with E-state index < -0.39 is 5.54 Å². The SMILES string of the molecule is Cc1ccc(CNC(=O)[C@@]2(C)Cn3nc(-c4cccs4)cc3C(=O)N2Cc2cccc(C)c2)cc1. The maximum atomic E-state index is 13.8. The third-order valence-corrected chi connectivity index (χ3v) is 7.45. The lowest BCUT2D eigenvalue weighted by atomic mass is 9.93. The van der Waals surface area contributed by atoms with Crippen LogP contribution in [0.3, 0.4) is 0 Å². The fourth-order valence-corrected chi connectivity index (χ4v) is 5.19. The Labute approximate surface area is 209 Å². The monoisotopic (exact) mass is 484 g/mol. The molecule has 0 spiro atoms. The topological polar surface area (TPSA) is 67.2 Å². The van der Waals surface area contributed by atoms with Crippen molar-refractivity contribution in [3.63, 3.8) is 0 Å². The van der Waals surface area contributed by atoms with Crippen LogP contribution in [0.1, 0.15) is 39.7 Å². The van der Waals surface area contributed by atoms with Crippen LogP contribution in [-0.4, -0.2) is 32.0 Å². The highest BCUT2D eigenvalue weighted by Gasteiger charge is 2.48. The van der Waals surface area contributed by atoms with E-state index in [1.165, 1.54) is 5.56 Å². The number of aryl methyl sites for hydroxylation is 2. The van der Waals surface area contributed by atoms with Gasteiger partial charge in [0.1, 0.15) is 16.9 Å². The molecule has 1 atom stereocenters. The van der Waals surface area contributed by atoms with Crippen molar-refractivity contribution < 1.29 is 9.59 Å². The van der Waals surface area contributed by atoms with Crippen LogP contribution in [0, 0.1) is 13.8 Å². The van der Waals surface area contributed by atoms with Crippen molar-refractivity contribution in [1.82, 2.24) is 20.0 Å². The fourth-order valence-electron chi connectivity index (χ4n) is 4.51. The van der Waals surface area contributed by atoms with Crippen LogP contribution in [0.4, 0.5) is 0 Å². The summed E-state index contributed by atoms with van der Waals surface area (Å²) < 4.78 is 1.69. The normalized spacial score (nSPS) is 17.3. The van der Waals surface area contributed by atoms with E-state index in [1.54, 1.807) is 20.9 Å². The van der Waals surface area contributed by atoms with Crippen molar-refractivity contribution in [2.24, 2.45) is 0 Å². The molecule has 1 aliphatic heterocycles. The van der Waals surface area contributed by atoms with Gasteiger partial charge in [-0.25, -0.2) is 0 Å². The number of carbonyl (C=O) groups is 2. The number of carbonyl (C=O) groups excluding carboxylic acids is 2. The van der Waals surface area contributed by atoms with E-state index in [0.29, 0.717) is 18.8 Å². The molecule has 1 N–H and O–H groups in total. The number of thiophene rings is 1. The minimum atomic E-state index is -1.10. The second-order valence-electron chi connectivity index (χ2n) is 9.37. The van der Waals surface area contributed by atoms with Gasteiger partial charge in [-0.3, -0.25) is 14.3 Å². The zero-order chi connectivity index (χ0) is 24.6. The van der Waals surface area contributed by atoms with Crippen molar-refractivity contribution >= 4 is 23.2 Å². The molecule has 5 rings (SSSR count). The molecule has 0 radical (unpaired) electrons. The van der Waals surface area contributed by atoms with E-state index in [1.807, 2.05) is 86.8 Å². The van der Waals surface area contributed by atoms with Gasteiger partial charge in [0.15, 0.2) is 0 Å². The lowest BCUT2D eigenvalue weighted by Gasteiger charge is -2.43. The van der Waals surface area contributed by atoms with Crippen LogP contribution in [0.25, 0.3) is 10.6 Å². The predicted octanol–water partition coefficient (Wildman–Crippen LogP) is 4.96. The first-order valence-corrected chi connectivity index (χ1v) is 12.5. The van der Waals surface area contributed by atoms with Gasteiger partial charge in [-0.2, -0.15) is 5.10 Å². The van der Waals surface area contributed by atoms with Crippen molar-refractivity contribution in [2.45, 2.75) is 45.9 Å². The third-order valence-electron chi connectivity index (χ3n) is 6.56. The van der Waals surface area contributed by atoms with E-state index in [4.69, 9.17) is 5.10 Å². The van der Waals surface area contributed by atoms with Crippen LogP contribution in [0.2, 0.25) is 0 Å². The smallest absolute Gasteiger partial charge is 0.273 e. The first-order chi connectivity index (χ1) is 16.8. The summed E-state index contributed by atoms with van der Waals surface area (Å²) in [7, 11) is 0. The van der Waals surface area contributed by atoms with Crippen molar-refractivity contribution in [2.75, 3.05) is 0 Å². The molecule has 0 unspecified atom stereocenters. The minimum Gasteiger partial charge on any atom is -0.350 e. The van der Waals surface area contributed by atoms with Gasteiger partial charge < -0.3 is 10.2 Å². The first-order valence-electron chi connectivity index (χ1n) is 11.7. The van der Waals surface area contributed by atoms with Gasteiger partial charge in [-0.1, -0.05) is 65.7 Å². The van der Waals surface area contributed by atoms with Crippen LogP contribution < -0.4 is 5.32 Å². The van der Waals surface area contributed by atoms with Gasteiger partial charge in [0, 0.05) is 13.1 Å². The largest absolute Gasteiger partial charge is 0.350 e. The molecule has 0 aliphatic carbocycles. The molecule has 2 aromatic carbocycles. The van der Waals surface area contributed by atoms with E-state index in [-0.39, 0.29) is 18.4 Å². The number of hydrogen-bond acceptors (Lipinski definition) is 4. The quantitative estimate of drug-likeness (QED) is 0.421. The molecule has 4 aromatic rings. The van der Waals surface area contributed by atoms with Gasteiger partial charge in [0.2, 0.25) is 5.91 Å². The standard InChI is InChI=1S/C28H28N4O2S/c1-19-9-11-21(12-10-19)16-29-27(34)28(3)18-32-24(15-23(30-32)25-8-5-13-35-25)26(33)31(28)17-22-7-4-6-20(2)14-22/h4-15H,16-18H2,1-3H3,(H,29,34)/t28-/m1/s1. The summed E-state index contributed by atoms with van der Waals surface area (Å²) in [5.41, 5.74) is 4.44. The summed E-state index contributed by atoms with van der Waals surface area (Å²) in [5.74, 6) is -0.390. The van der Waals surface area contributed by atoms with Crippen molar-refractivity contribution in [3.05, 3.63) is 100 Å². The van der Waals surface area contributed by atoms with Gasteiger partial charge in [0.05, 0.1) is 11.4 Å². The molecule has 35 heavy (non-hydrogen) atoms. The highest BCUT2D eigenvalue weighted by Crippen LogP contribution is 2.32. The number of benzene rings is 2. The molecular weight excluding hydrogens is 456 g/mol. The molecule has 2 amide bonds. The van der Waals surface area contributed by atoms with Crippen LogP contribution in [-0.2, 0) is 24.4 Å². The summed E-state index contributed by atoms with van der Waals surface area (Å²) in [5, 5.41) is 9.76. The molecule has 0 saturated heterocycles. The number of aromatic nitrogens is 2. The summed E-state index contributed by atoms with van der Waals surface area (Å²) in [6.45, 7) is 6.91. The molecule has 3 heterocycles. The van der Waals surface area contributed by atoms with Gasteiger partial charge in [-0.15, -0.1) is 11.3 Å². The zero-order valence-corrected chi connectivity index (χ0v) is 20.9. The molecule has 0 saturated carbocycles. The second-order valence-corrected chi connectivity index (χ2v) is 10.3. The number of nitrogens with zero attached hydrogens (tertiary/aromatic N) is 3. The third kappa shape index (κ3) is 4.51. The highest BCUT2D eigenvalue weighted by atomic mass is 32.1. The summed E-state index contributed by atoms with van der Waals surface area (Å²) >= 11 is 1.58. The summed E-state index contributed by atoms with van der Waals surface area (Å²) in [6, 6.07) is 21.9. The predicted molar refractivity (Wildman–Crippen MR) is 138 cm³/mol. The average Bonchev–Trinajstić information content (AvgIpc) is 3.51. The Morgan fingerprint density at radius 1 is 1.03 bits per heavy atom. The lowest BCUT2D eigenvalue weighted by molar-refractivity contribution is -0.133. The molecule has 2 aromatic heterocycles. The number of nitrogens with one attached hydrogen (secondary N) is 1. The Morgan fingerprint density at radius 2 is 1.83 bits per heavy atom. The number of rotatable bonds is 6. The van der Waals surface area contributed by atoms with Crippen LogP contribution in [0.5, 0.6) is 0 Å². The Balaban J connectivity index is 1.48. The number of amides is 2. The second kappa shape index (κ2) is 9.15. The van der Waals surface area contributed by atoms with E-state index >= 15 is 0 Å². The highest BCUT2D eigenvalue weighted by molar-refractivity contribution is 7.13. The Bertz CT molecular complexity index is 1370. The average molecular weight is 485 g/mol. The summed E-state index contributed by atoms with van der Waals surface area (Å²) in [4.78, 5) is 30.2. The first kappa shape index (κ1) is 23.1.